The van der Waals surface area contributed by atoms with E-state index in [-0.39, 0.29) is 5.97 Å². The van der Waals surface area contributed by atoms with Crippen molar-refractivity contribution in [2.75, 3.05) is 11.9 Å². The van der Waals surface area contributed by atoms with Crippen molar-refractivity contribution in [2.24, 2.45) is 0 Å². The number of esters is 1. The molecular weight excluding hydrogens is 278 g/mol. The molecule has 5 nitrogen and oxygen atoms in total. The van der Waals surface area contributed by atoms with Gasteiger partial charge in [0.2, 0.25) is 0 Å². The van der Waals surface area contributed by atoms with Crippen LogP contribution >= 0.6 is 0 Å². The van der Waals surface area contributed by atoms with Gasteiger partial charge in [0, 0.05) is 34.6 Å². The molecule has 0 saturated heterocycles. The van der Waals surface area contributed by atoms with Gasteiger partial charge in [0.25, 0.3) is 0 Å². The molecule has 1 aliphatic rings. The van der Waals surface area contributed by atoms with E-state index in [4.69, 9.17) is 4.74 Å². The summed E-state index contributed by atoms with van der Waals surface area (Å²) in [5.41, 5.74) is 4.69. The minimum atomic E-state index is -0.541. The number of aromatic amines is 1. The van der Waals surface area contributed by atoms with Crippen LogP contribution in [0.4, 0.5) is 5.69 Å². The topological polar surface area (TPSA) is 67.0 Å². The van der Waals surface area contributed by atoms with Crippen LogP contribution in [0.15, 0.2) is 42.7 Å². The second-order valence-electron chi connectivity index (χ2n) is 5.20. The summed E-state index contributed by atoms with van der Waals surface area (Å²) in [7, 11) is 0. The molecule has 1 aliphatic heterocycles. The lowest BCUT2D eigenvalue weighted by molar-refractivity contribution is -0.144. The summed E-state index contributed by atoms with van der Waals surface area (Å²) in [4.78, 5) is 19.9. The zero-order valence-corrected chi connectivity index (χ0v) is 12.1. The lowest BCUT2D eigenvalue weighted by Crippen LogP contribution is -2.22. The number of rotatable bonds is 2. The fourth-order valence-electron chi connectivity index (χ4n) is 3.02. The Hall–Kier alpha value is -2.82. The van der Waals surface area contributed by atoms with Crippen molar-refractivity contribution in [3.63, 3.8) is 0 Å². The van der Waals surface area contributed by atoms with Crippen LogP contribution in [0, 0.1) is 0 Å². The van der Waals surface area contributed by atoms with Crippen molar-refractivity contribution >= 4 is 22.7 Å². The molecule has 0 aliphatic carbocycles. The summed E-state index contributed by atoms with van der Waals surface area (Å²) in [5, 5.41) is 4.29. The fourth-order valence-corrected chi connectivity index (χ4v) is 3.02. The standard InChI is InChI=1S/C17H15N3O2/c1-2-22-17(21)15-12-9-19-16-14(12)11(7-8-18-16)10-5-3-4-6-13(10)20-15/h3-9,15,20H,2H2,1H3,(H,18,19). The third-order valence-electron chi connectivity index (χ3n) is 3.95. The van der Waals surface area contributed by atoms with Gasteiger partial charge in [-0.2, -0.15) is 0 Å². The average Bonchev–Trinajstić information content (AvgIpc) is 2.90. The third kappa shape index (κ3) is 1.79. The summed E-state index contributed by atoms with van der Waals surface area (Å²) in [6.45, 7) is 2.16. The molecule has 22 heavy (non-hydrogen) atoms. The summed E-state index contributed by atoms with van der Waals surface area (Å²) in [6.07, 6.45) is 3.61. The number of pyridine rings is 1. The van der Waals surface area contributed by atoms with Crippen molar-refractivity contribution in [1.82, 2.24) is 9.97 Å². The first-order valence-corrected chi connectivity index (χ1v) is 7.28. The Bertz CT molecular complexity index is 869. The molecule has 2 N–H and O–H groups in total. The van der Waals surface area contributed by atoms with Gasteiger partial charge in [0.05, 0.1) is 6.61 Å². The molecule has 0 spiro atoms. The van der Waals surface area contributed by atoms with Gasteiger partial charge >= 0.3 is 5.97 Å². The first-order valence-electron chi connectivity index (χ1n) is 7.28. The molecule has 0 saturated carbocycles. The lowest BCUT2D eigenvalue weighted by Gasteiger charge is -2.17. The maximum Gasteiger partial charge on any atom is 0.333 e. The number of hydrogen-bond acceptors (Lipinski definition) is 4. The summed E-state index contributed by atoms with van der Waals surface area (Å²) in [6, 6.07) is 9.40. The number of hydrogen-bond donors (Lipinski definition) is 2. The second-order valence-corrected chi connectivity index (χ2v) is 5.20. The number of nitrogens with one attached hydrogen (secondary N) is 2. The Morgan fingerprint density at radius 2 is 2.14 bits per heavy atom. The molecule has 1 unspecified atom stereocenters. The van der Waals surface area contributed by atoms with Crippen LogP contribution in [0.1, 0.15) is 18.5 Å². The molecule has 5 heteroatoms. The Labute approximate surface area is 127 Å². The van der Waals surface area contributed by atoms with Gasteiger partial charge in [-0.15, -0.1) is 0 Å². The van der Waals surface area contributed by atoms with Crippen LogP contribution in [0.25, 0.3) is 22.2 Å². The number of carbonyl (C=O) groups is 1. The molecular formula is C17H15N3O2. The molecule has 110 valence electrons. The van der Waals surface area contributed by atoms with Gasteiger partial charge in [0.1, 0.15) is 5.65 Å². The SMILES string of the molecule is CCOC(=O)C1Nc2ccccc2-c2ccnc3[nH]cc1c23. The van der Waals surface area contributed by atoms with E-state index in [1.54, 1.807) is 6.20 Å². The smallest absolute Gasteiger partial charge is 0.333 e. The number of carbonyl (C=O) groups excluding carboxylic acids is 1. The van der Waals surface area contributed by atoms with E-state index >= 15 is 0 Å². The van der Waals surface area contributed by atoms with E-state index in [0.717, 1.165) is 33.4 Å². The van der Waals surface area contributed by atoms with E-state index in [0.29, 0.717) is 6.61 Å². The number of aromatic nitrogens is 2. The maximum absolute atomic E-state index is 12.4. The van der Waals surface area contributed by atoms with Gasteiger partial charge in [-0.05, 0) is 24.6 Å². The molecule has 0 radical (unpaired) electrons. The highest BCUT2D eigenvalue weighted by molar-refractivity contribution is 6.03. The monoisotopic (exact) mass is 293 g/mol. The van der Waals surface area contributed by atoms with E-state index < -0.39 is 6.04 Å². The number of fused-ring (bicyclic) bond motifs is 2. The number of H-pyrrole nitrogens is 1. The van der Waals surface area contributed by atoms with Gasteiger partial charge < -0.3 is 15.0 Å². The summed E-state index contributed by atoms with van der Waals surface area (Å²) in [5.74, 6) is -0.282. The largest absolute Gasteiger partial charge is 0.464 e. The first kappa shape index (κ1) is 12.9. The minimum Gasteiger partial charge on any atom is -0.464 e. The fraction of sp³-hybridized carbons (Fsp3) is 0.176. The minimum absolute atomic E-state index is 0.282. The highest BCUT2D eigenvalue weighted by Crippen LogP contribution is 2.41. The van der Waals surface area contributed by atoms with Gasteiger partial charge in [-0.3, -0.25) is 0 Å². The van der Waals surface area contributed by atoms with Crippen LogP contribution < -0.4 is 5.32 Å². The molecule has 0 bridgehead atoms. The highest BCUT2D eigenvalue weighted by Gasteiger charge is 2.30. The number of ether oxygens (including phenoxy) is 1. The maximum atomic E-state index is 12.4. The Kier molecular flexibility index (Phi) is 2.85. The molecule has 1 atom stereocenters. The normalized spacial score (nSPS) is 15.8. The lowest BCUT2D eigenvalue weighted by atomic mass is 10.0. The first-order chi connectivity index (χ1) is 10.8. The molecule has 0 amide bonds. The van der Waals surface area contributed by atoms with Crippen LogP contribution in [-0.2, 0) is 9.53 Å². The van der Waals surface area contributed by atoms with Crippen LogP contribution in [0.2, 0.25) is 0 Å². The summed E-state index contributed by atoms with van der Waals surface area (Å²) >= 11 is 0. The Morgan fingerprint density at radius 3 is 3.00 bits per heavy atom. The van der Waals surface area contributed by atoms with E-state index in [1.807, 2.05) is 43.5 Å². The zero-order chi connectivity index (χ0) is 15.1. The third-order valence-corrected chi connectivity index (χ3v) is 3.95. The van der Waals surface area contributed by atoms with E-state index in [9.17, 15) is 4.79 Å². The van der Waals surface area contributed by atoms with E-state index in [1.165, 1.54) is 0 Å². The molecule has 0 fully saturated rings. The summed E-state index contributed by atoms with van der Waals surface area (Å²) < 4.78 is 5.23. The van der Waals surface area contributed by atoms with Crippen molar-refractivity contribution in [1.29, 1.82) is 0 Å². The van der Waals surface area contributed by atoms with Gasteiger partial charge in [-0.1, -0.05) is 18.2 Å². The van der Waals surface area contributed by atoms with Gasteiger partial charge in [0.15, 0.2) is 6.04 Å². The van der Waals surface area contributed by atoms with Crippen molar-refractivity contribution in [2.45, 2.75) is 13.0 Å². The predicted octanol–water partition coefficient (Wildman–Crippen LogP) is 3.26. The number of nitrogens with zero attached hydrogens (tertiary/aromatic N) is 1. The quantitative estimate of drug-likeness (QED) is 0.712. The Morgan fingerprint density at radius 1 is 1.27 bits per heavy atom. The molecule has 3 heterocycles. The molecule has 2 aromatic heterocycles. The second kappa shape index (κ2) is 4.87. The predicted molar refractivity (Wildman–Crippen MR) is 84.5 cm³/mol. The zero-order valence-electron chi connectivity index (χ0n) is 12.1. The average molecular weight is 293 g/mol. The molecule has 4 rings (SSSR count). The molecule has 1 aromatic carbocycles. The number of benzene rings is 1. The van der Waals surface area contributed by atoms with Crippen LogP contribution in [0.5, 0.6) is 0 Å². The number of para-hydroxylation sites is 1. The van der Waals surface area contributed by atoms with Crippen molar-refractivity contribution in [3.05, 3.63) is 48.3 Å². The molecule has 3 aromatic rings. The Balaban J connectivity index is 2.02. The number of anilines is 1. The van der Waals surface area contributed by atoms with Gasteiger partial charge in [-0.25, -0.2) is 9.78 Å². The van der Waals surface area contributed by atoms with Crippen molar-refractivity contribution < 1.29 is 9.53 Å². The van der Waals surface area contributed by atoms with Crippen molar-refractivity contribution in [3.8, 4) is 11.1 Å². The van der Waals surface area contributed by atoms with Crippen LogP contribution in [-0.4, -0.2) is 22.5 Å². The highest BCUT2D eigenvalue weighted by atomic mass is 16.5. The van der Waals surface area contributed by atoms with E-state index in [2.05, 4.69) is 15.3 Å². The van der Waals surface area contributed by atoms with Crippen LogP contribution in [0.3, 0.4) is 0 Å².